The Bertz CT molecular complexity index is 773. The fourth-order valence-electron chi connectivity index (χ4n) is 2.30. The lowest BCUT2D eigenvalue weighted by Gasteiger charge is -2.40. The highest BCUT2D eigenvalue weighted by molar-refractivity contribution is 7.80. The molecule has 1 saturated heterocycles. The van der Waals surface area contributed by atoms with Crippen molar-refractivity contribution in [1.82, 2.24) is 0 Å². The van der Waals surface area contributed by atoms with Crippen LogP contribution in [0.3, 0.4) is 0 Å². The Morgan fingerprint density at radius 1 is 1.19 bits per heavy atom. The first-order chi connectivity index (χ1) is 12.6. The van der Waals surface area contributed by atoms with E-state index in [-0.39, 0.29) is 5.75 Å². The molecule has 1 aliphatic rings. The molecule has 0 aromatic heterocycles. The standard InChI is InChI=1S/C15H18O11S/c16-7-10-12(19)13(20)14(26-27(21,22)23)15(24-10)25-11(18)6-3-8-1-4-9(17)5-2-8/h1-6,10,12-17,19-20H,7H2,(H,21,22,23)/t10-,12-,13+,14-,15+/m1/s1. The number of aromatic hydroxyl groups is 1. The van der Waals surface area contributed by atoms with E-state index in [2.05, 4.69) is 4.18 Å². The Morgan fingerprint density at radius 3 is 2.37 bits per heavy atom. The van der Waals surface area contributed by atoms with Crippen LogP contribution in [0, 0.1) is 0 Å². The summed E-state index contributed by atoms with van der Waals surface area (Å²) in [6, 6.07) is 5.77. The van der Waals surface area contributed by atoms with Crippen LogP contribution < -0.4 is 0 Å². The van der Waals surface area contributed by atoms with E-state index in [9.17, 15) is 28.5 Å². The molecule has 0 aliphatic carbocycles. The summed E-state index contributed by atoms with van der Waals surface area (Å²) in [4.78, 5) is 11.9. The predicted octanol–water partition coefficient (Wildman–Crippen LogP) is -1.42. The SMILES string of the molecule is O=C(C=Cc1ccc(O)cc1)O[C@@H]1O[C@H](CO)[C@@H](O)[C@H](O)[C@H]1OS(=O)(=O)O. The summed E-state index contributed by atoms with van der Waals surface area (Å²) in [6.45, 7) is -0.770. The van der Waals surface area contributed by atoms with E-state index >= 15 is 0 Å². The van der Waals surface area contributed by atoms with Crippen LogP contribution in [0.5, 0.6) is 5.75 Å². The summed E-state index contributed by atoms with van der Waals surface area (Å²) in [7, 11) is -5.08. The molecule has 1 fully saturated rings. The van der Waals surface area contributed by atoms with Gasteiger partial charge in [0, 0.05) is 6.08 Å². The van der Waals surface area contributed by atoms with E-state index in [1.54, 1.807) is 0 Å². The van der Waals surface area contributed by atoms with Crippen molar-refractivity contribution in [2.24, 2.45) is 0 Å². The molecule has 0 spiro atoms. The van der Waals surface area contributed by atoms with E-state index in [0.29, 0.717) is 5.56 Å². The maximum absolute atomic E-state index is 11.9. The van der Waals surface area contributed by atoms with E-state index in [0.717, 1.165) is 6.08 Å². The van der Waals surface area contributed by atoms with Crippen molar-refractivity contribution < 1.29 is 51.8 Å². The van der Waals surface area contributed by atoms with Crippen LogP contribution in [0.1, 0.15) is 5.56 Å². The molecule has 27 heavy (non-hydrogen) atoms. The van der Waals surface area contributed by atoms with E-state index < -0.39 is 53.7 Å². The van der Waals surface area contributed by atoms with Gasteiger partial charge < -0.3 is 29.9 Å². The minimum absolute atomic E-state index is 0.0260. The van der Waals surface area contributed by atoms with Gasteiger partial charge in [-0.25, -0.2) is 8.98 Å². The number of ether oxygens (including phenoxy) is 2. The zero-order valence-electron chi connectivity index (χ0n) is 13.7. The fourth-order valence-corrected chi connectivity index (χ4v) is 2.78. The van der Waals surface area contributed by atoms with Gasteiger partial charge in [0.2, 0.25) is 6.29 Å². The zero-order valence-corrected chi connectivity index (χ0v) is 14.5. The number of rotatable bonds is 6. The Labute approximate surface area is 154 Å². The quantitative estimate of drug-likeness (QED) is 0.212. The molecule has 150 valence electrons. The van der Waals surface area contributed by atoms with Crippen LogP contribution in [0.25, 0.3) is 6.08 Å². The average molecular weight is 406 g/mol. The summed E-state index contributed by atoms with van der Waals surface area (Å²) < 4.78 is 44.8. The molecule has 11 nitrogen and oxygen atoms in total. The van der Waals surface area contributed by atoms with Crippen LogP contribution in [-0.2, 0) is 28.9 Å². The number of phenolic OH excluding ortho intramolecular Hbond substituents is 1. The summed E-state index contributed by atoms with van der Waals surface area (Å²) in [5.41, 5.74) is 0.531. The second-order valence-electron chi connectivity index (χ2n) is 5.56. The molecule has 0 saturated carbocycles. The number of hydrogen-bond acceptors (Lipinski definition) is 10. The van der Waals surface area contributed by atoms with E-state index in [1.807, 2.05) is 0 Å². The van der Waals surface area contributed by atoms with Gasteiger partial charge >= 0.3 is 16.4 Å². The average Bonchev–Trinajstić information content (AvgIpc) is 2.60. The van der Waals surface area contributed by atoms with Crippen molar-refractivity contribution in [3.63, 3.8) is 0 Å². The number of esters is 1. The third-order valence-electron chi connectivity index (χ3n) is 3.59. The number of carbonyl (C=O) groups is 1. The van der Waals surface area contributed by atoms with Crippen molar-refractivity contribution in [2.75, 3.05) is 6.61 Å². The Hall–Kier alpha value is -2.06. The van der Waals surface area contributed by atoms with Crippen LogP contribution in [0.4, 0.5) is 0 Å². The first kappa shape index (κ1) is 21.2. The molecule has 2 rings (SSSR count). The van der Waals surface area contributed by atoms with Gasteiger partial charge in [0.25, 0.3) is 0 Å². The lowest BCUT2D eigenvalue weighted by Crippen LogP contribution is -2.60. The number of benzene rings is 1. The Kier molecular flexibility index (Phi) is 6.89. The zero-order chi connectivity index (χ0) is 20.2. The molecule has 5 atom stereocenters. The third kappa shape index (κ3) is 5.97. The number of aliphatic hydroxyl groups excluding tert-OH is 3. The Balaban J connectivity index is 2.13. The number of carbonyl (C=O) groups excluding carboxylic acids is 1. The van der Waals surface area contributed by atoms with E-state index in [1.165, 1.54) is 30.3 Å². The van der Waals surface area contributed by atoms with E-state index in [4.69, 9.17) is 19.1 Å². The molecule has 12 heteroatoms. The lowest BCUT2D eigenvalue weighted by molar-refractivity contribution is -0.285. The van der Waals surface area contributed by atoms with Crippen LogP contribution in [0.2, 0.25) is 0 Å². The van der Waals surface area contributed by atoms with Gasteiger partial charge in [-0.05, 0) is 23.8 Å². The largest absolute Gasteiger partial charge is 0.508 e. The van der Waals surface area contributed by atoms with Gasteiger partial charge in [0.1, 0.15) is 24.1 Å². The second-order valence-corrected chi connectivity index (χ2v) is 6.60. The smallest absolute Gasteiger partial charge is 0.397 e. The molecule has 1 aromatic carbocycles. The maximum atomic E-state index is 11.9. The molecule has 0 bridgehead atoms. The highest BCUT2D eigenvalue weighted by Crippen LogP contribution is 2.25. The number of hydrogen-bond donors (Lipinski definition) is 5. The first-order valence-corrected chi connectivity index (χ1v) is 8.93. The molecule has 0 unspecified atom stereocenters. The summed E-state index contributed by atoms with van der Waals surface area (Å²) >= 11 is 0. The summed E-state index contributed by atoms with van der Waals surface area (Å²) in [5, 5.41) is 38.0. The topological polar surface area (TPSA) is 180 Å². The molecule has 1 aromatic rings. The van der Waals surface area contributed by atoms with Gasteiger partial charge in [-0.1, -0.05) is 12.1 Å². The van der Waals surface area contributed by atoms with Gasteiger partial charge in [0.05, 0.1) is 6.61 Å². The van der Waals surface area contributed by atoms with Crippen LogP contribution in [-0.4, -0.2) is 76.7 Å². The summed E-state index contributed by atoms with van der Waals surface area (Å²) in [6.07, 6.45) is -6.65. The minimum atomic E-state index is -5.08. The first-order valence-electron chi connectivity index (χ1n) is 7.56. The summed E-state index contributed by atoms with van der Waals surface area (Å²) in [5.74, 6) is -1.00. The predicted molar refractivity (Wildman–Crippen MR) is 87.4 cm³/mol. The molecule has 1 aliphatic heterocycles. The molecular formula is C15H18O11S. The van der Waals surface area contributed by atoms with Gasteiger partial charge in [-0.15, -0.1) is 0 Å². The number of phenols is 1. The van der Waals surface area contributed by atoms with Crippen molar-refractivity contribution in [3.8, 4) is 5.75 Å². The van der Waals surface area contributed by atoms with Crippen molar-refractivity contribution in [2.45, 2.75) is 30.7 Å². The lowest BCUT2D eigenvalue weighted by atomic mass is 9.99. The minimum Gasteiger partial charge on any atom is -0.508 e. The number of aliphatic hydroxyl groups is 3. The molecule has 5 N–H and O–H groups in total. The molecular weight excluding hydrogens is 388 g/mol. The van der Waals surface area contributed by atoms with Gasteiger partial charge in [-0.2, -0.15) is 8.42 Å². The van der Waals surface area contributed by atoms with Crippen LogP contribution >= 0.6 is 0 Å². The Morgan fingerprint density at radius 2 is 1.81 bits per heavy atom. The van der Waals surface area contributed by atoms with Crippen LogP contribution in [0.15, 0.2) is 30.3 Å². The molecule has 0 radical (unpaired) electrons. The second kappa shape index (κ2) is 8.75. The highest BCUT2D eigenvalue weighted by atomic mass is 32.3. The normalized spacial score (nSPS) is 29.0. The highest BCUT2D eigenvalue weighted by Gasteiger charge is 2.48. The van der Waals surface area contributed by atoms with Gasteiger partial charge in [0.15, 0.2) is 6.10 Å². The maximum Gasteiger partial charge on any atom is 0.397 e. The molecule has 0 amide bonds. The van der Waals surface area contributed by atoms with Crippen molar-refractivity contribution in [3.05, 3.63) is 35.9 Å². The van der Waals surface area contributed by atoms with Crippen molar-refractivity contribution in [1.29, 1.82) is 0 Å². The van der Waals surface area contributed by atoms with Crippen molar-refractivity contribution >= 4 is 22.4 Å². The monoisotopic (exact) mass is 406 g/mol. The fraction of sp³-hybridized carbons (Fsp3) is 0.400. The molecule has 1 heterocycles. The van der Waals surface area contributed by atoms with Gasteiger partial charge in [-0.3, -0.25) is 4.55 Å². The third-order valence-corrected chi connectivity index (χ3v) is 4.06.